The van der Waals surface area contributed by atoms with Crippen molar-refractivity contribution in [1.82, 2.24) is 0 Å². The van der Waals surface area contributed by atoms with Gasteiger partial charge in [0.1, 0.15) is 0 Å². The van der Waals surface area contributed by atoms with Gasteiger partial charge >= 0.3 is 0 Å². The molecule has 1 amide bonds. The fourth-order valence-corrected chi connectivity index (χ4v) is 1.27. The maximum Gasteiger partial charge on any atom is 0.229 e. The molecule has 0 radical (unpaired) electrons. The number of aliphatic hydroxyl groups is 1. The number of hydrogen-bond donors (Lipinski definition) is 2. The molecule has 0 heterocycles. The number of amides is 1. The first kappa shape index (κ1) is 12.2. The molecule has 0 saturated heterocycles. The lowest BCUT2D eigenvalue weighted by Gasteiger charge is -2.11. The molecule has 0 fully saturated rings. The van der Waals surface area contributed by atoms with Gasteiger partial charge in [-0.25, -0.2) is 0 Å². The number of benzene rings is 1. The summed E-state index contributed by atoms with van der Waals surface area (Å²) >= 11 is 0. The van der Waals surface area contributed by atoms with Crippen LogP contribution >= 0.6 is 0 Å². The number of nitrogens with zero attached hydrogens (tertiary/aromatic N) is 1. The minimum Gasteiger partial charge on any atom is -0.396 e. The summed E-state index contributed by atoms with van der Waals surface area (Å²) in [6.45, 7) is 1.69. The molecule has 16 heavy (non-hydrogen) atoms. The van der Waals surface area contributed by atoms with Crippen molar-refractivity contribution in [3.05, 3.63) is 29.8 Å². The number of hydrogen-bond acceptors (Lipinski definition) is 3. The van der Waals surface area contributed by atoms with E-state index < -0.39 is 0 Å². The van der Waals surface area contributed by atoms with Crippen LogP contribution in [0.4, 0.5) is 5.69 Å². The molecule has 1 unspecified atom stereocenters. The van der Waals surface area contributed by atoms with Gasteiger partial charge in [0.15, 0.2) is 0 Å². The highest BCUT2D eigenvalue weighted by molar-refractivity contribution is 5.92. The van der Waals surface area contributed by atoms with E-state index in [2.05, 4.69) is 5.32 Å². The number of nitriles is 1. The summed E-state index contributed by atoms with van der Waals surface area (Å²) in [6.07, 6.45) is 0.596. The van der Waals surface area contributed by atoms with E-state index in [4.69, 9.17) is 10.4 Å². The van der Waals surface area contributed by atoms with E-state index in [1.165, 1.54) is 0 Å². The van der Waals surface area contributed by atoms with E-state index in [9.17, 15) is 4.79 Å². The van der Waals surface area contributed by atoms with Gasteiger partial charge in [-0.15, -0.1) is 0 Å². The Hall–Kier alpha value is -1.86. The average molecular weight is 218 g/mol. The Balaban J connectivity index is 2.66. The van der Waals surface area contributed by atoms with E-state index >= 15 is 0 Å². The zero-order valence-electron chi connectivity index (χ0n) is 9.10. The number of carbonyl (C=O) groups excluding carboxylic acids is 1. The van der Waals surface area contributed by atoms with Crippen molar-refractivity contribution in [2.75, 3.05) is 11.9 Å². The van der Waals surface area contributed by atoms with Crippen LogP contribution in [0.15, 0.2) is 24.3 Å². The third kappa shape index (κ3) is 3.07. The molecule has 0 aliphatic rings. The largest absolute Gasteiger partial charge is 0.396 e. The number of aliphatic hydroxyl groups excluding tert-OH is 1. The van der Waals surface area contributed by atoms with Gasteiger partial charge in [-0.2, -0.15) is 5.26 Å². The zero-order chi connectivity index (χ0) is 12.0. The first-order chi connectivity index (χ1) is 7.71. The summed E-state index contributed by atoms with van der Waals surface area (Å²) in [5, 5.41) is 20.2. The Kier molecular flexibility index (Phi) is 4.49. The molecule has 0 spiro atoms. The molecule has 4 heteroatoms. The quantitative estimate of drug-likeness (QED) is 0.804. The van der Waals surface area contributed by atoms with Crippen molar-refractivity contribution >= 4 is 11.6 Å². The Morgan fingerprint density at radius 2 is 2.12 bits per heavy atom. The highest BCUT2D eigenvalue weighted by Crippen LogP contribution is 2.11. The Labute approximate surface area is 94.5 Å². The maximum absolute atomic E-state index is 11.6. The third-order valence-corrected chi connectivity index (χ3v) is 2.37. The summed E-state index contributed by atoms with van der Waals surface area (Å²) in [6, 6.07) is 8.60. The zero-order valence-corrected chi connectivity index (χ0v) is 9.10. The van der Waals surface area contributed by atoms with Gasteiger partial charge in [-0.3, -0.25) is 4.79 Å². The molecule has 1 rings (SSSR count). The molecule has 0 saturated carbocycles. The third-order valence-electron chi connectivity index (χ3n) is 2.37. The summed E-state index contributed by atoms with van der Waals surface area (Å²) in [5.74, 6) is -0.578. The Bertz CT molecular complexity index is 388. The summed E-state index contributed by atoms with van der Waals surface area (Å²) in [7, 11) is 0. The highest BCUT2D eigenvalue weighted by atomic mass is 16.3. The van der Waals surface area contributed by atoms with Crippen LogP contribution in [0.3, 0.4) is 0 Å². The molecule has 0 aliphatic heterocycles. The smallest absolute Gasteiger partial charge is 0.229 e. The summed E-state index contributed by atoms with van der Waals surface area (Å²) in [5.41, 5.74) is 1.18. The first-order valence-corrected chi connectivity index (χ1v) is 5.13. The van der Waals surface area contributed by atoms with E-state index in [1.807, 2.05) is 13.0 Å². The van der Waals surface area contributed by atoms with Gasteiger partial charge in [0.25, 0.3) is 0 Å². The molecular weight excluding hydrogens is 204 g/mol. The molecule has 1 atom stereocenters. The lowest BCUT2D eigenvalue weighted by atomic mass is 10.1. The fraction of sp³-hybridized carbons (Fsp3) is 0.333. The number of rotatable bonds is 4. The molecule has 0 aliphatic carbocycles. The average Bonchev–Trinajstić information content (AvgIpc) is 2.31. The normalized spacial score (nSPS) is 11.6. The molecule has 1 aromatic rings. The number of anilines is 1. The fourth-order valence-electron chi connectivity index (χ4n) is 1.27. The van der Waals surface area contributed by atoms with Crippen LogP contribution in [0.5, 0.6) is 0 Å². The monoisotopic (exact) mass is 218 g/mol. The van der Waals surface area contributed by atoms with Gasteiger partial charge in [0.2, 0.25) is 5.91 Å². The van der Waals surface area contributed by atoms with Crippen LogP contribution < -0.4 is 5.32 Å². The maximum atomic E-state index is 11.6. The van der Waals surface area contributed by atoms with E-state index in [0.717, 1.165) is 0 Å². The predicted molar refractivity (Wildman–Crippen MR) is 60.7 cm³/mol. The Morgan fingerprint density at radius 3 is 2.56 bits per heavy atom. The van der Waals surface area contributed by atoms with Crippen LogP contribution in [0.1, 0.15) is 18.9 Å². The van der Waals surface area contributed by atoms with E-state index in [1.54, 1.807) is 24.3 Å². The van der Waals surface area contributed by atoms with Gasteiger partial charge < -0.3 is 10.4 Å². The minimum atomic E-state index is -0.379. The molecule has 0 aromatic heterocycles. The lowest BCUT2D eigenvalue weighted by molar-refractivity contribution is -0.121. The molecule has 2 N–H and O–H groups in total. The highest BCUT2D eigenvalue weighted by Gasteiger charge is 2.14. The van der Waals surface area contributed by atoms with Crippen LogP contribution in [-0.2, 0) is 4.79 Å². The molecule has 1 aromatic carbocycles. The van der Waals surface area contributed by atoms with Crippen LogP contribution in [0, 0.1) is 17.2 Å². The van der Waals surface area contributed by atoms with Gasteiger partial charge in [0, 0.05) is 5.69 Å². The van der Waals surface area contributed by atoms with Crippen molar-refractivity contribution in [1.29, 1.82) is 5.26 Å². The second-order valence-electron chi connectivity index (χ2n) is 3.47. The van der Waals surface area contributed by atoms with Crippen LogP contribution in [0.2, 0.25) is 0 Å². The van der Waals surface area contributed by atoms with Crippen LogP contribution in [0.25, 0.3) is 0 Å². The summed E-state index contributed by atoms with van der Waals surface area (Å²) in [4.78, 5) is 11.6. The van der Waals surface area contributed by atoms with Gasteiger partial charge in [-0.05, 0) is 30.7 Å². The van der Waals surface area contributed by atoms with Crippen molar-refractivity contribution in [3.63, 3.8) is 0 Å². The Morgan fingerprint density at radius 1 is 1.50 bits per heavy atom. The topological polar surface area (TPSA) is 73.1 Å². The van der Waals surface area contributed by atoms with Crippen molar-refractivity contribution in [2.24, 2.45) is 5.92 Å². The first-order valence-electron chi connectivity index (χ1n) is 5.13. The van der Waals surface area contributed by atoms with Gasteiger partial charge in [-0.1, -0.05) is 6.92 Å². The van der Waals surface area contributed by atoms with Gasteiger partial charge in [0.05, 0.1) is 24.2 Å². The molecule has 84 valence electrons. The number of carbonyl (C=O) groups is 1. The van der Waals surface area contributed by atoms with E-state index in [-0.39, 0.29) is 18.4 Å². The van der Waals surface area contributed by atoms with E-state index in [0.29, 0.717) is 17.7 Å². The molecule has 0 bridgehead atoms. The summed E-state index contributed by atoms with van der Waals surface area (Å²) < 4.78 is 0. The predicted octanol–water partition coefficient (Wildman–Crippen LogP) is 1.52. The minimum absolute atomic E-state index is 0.154. The van der Waals surface area contributed by atoms with Crippen molar-refractivity contribution < 1.29 is 9.90 Å². The second kappa shape index (κ2) is 5.89. The van der Waals surface area contributed by atoms with Crippen molar-refractivity contribution in [3.8, 4) is 6.07 Å². The SMILES string of the molecule is CCC(CO)C(=O)Nc1ccc(C#N)cc1. The standard InChI is InChI=1S/C12H14N2O2/c1-2-10(8-15)12(16)14-11-5-3-9(7-13)4-6-11/h3-6,10,15H,2,8H2,1H3,(H,14,16). The molecule has 4 nitrogen and oxygen atoms in total. The molecular formula is C12H14N2O2. The van der Waals surface area contributed by atoms with Crippen LogP contribution in [-0.4, -0.2) is 17.6 Å². The number of nitrogens with one attached hydrogen (secondary N) is 1. The lowest BCUT2D eigenvalue weighted by Crippen LogP contribution is -2.24. The van der Waals surface area contributed by atoms with Crippen molar-refractivity contribution in [2.45, 2.75) is 13.3 Å². The second-order valence-corrected chi connectivity index (χ2v) is 3.47.